The van der Waals surface area contributed by atoms with Crippen LogP contribution < -0.4 is 4.90 Å². The lowest BCUT2D eigenvalue weighted by atomic mass is 9.88. The number of anilines is 1. The van der Waals surface area contributed by atoms with Gasteiger partial charge >= 0.3 is 0 Å². The number of ketones is 2. The zero-order valence-corrected chi connectivity index (χ0v) is 15.0. The van der Waals surface area contributed by atoms with Gasteiger partial charge in [-0.25, -0.2) is 4.99 Å². The number of hydrogen-bond donors (Lipinski definition) is 0. The Hall–Kier alpha value is -2.98. The summed E-state index contributed by atoms with van der Waals surface area (Å²) in [5.74, 6) is -0.583. The highest BCUT2D eigenvalue weighted by atomic mass is 35.5. The maximum Gasteiger partial charge on any atom is 0.205 e. The van der Waals surface area contributed by atoms with Crippen molar-refractivity contribution in [1.82, 2.24) is 0 Å². The topological polar surface area (TPSA) is 49.7 Å². The number of Topliss-reactive ketones (excluding diaryl/α,β-unsaturated/α-hetero) is 2. The summed E-state index contributed by atoms with van der Waals surface area (Å²) in [6.07, 6.45) is 1.66. The Labute approximate surface area is 156 Å². The molecule has 1 heterocycles. The highest BCUT2D eigenvalue weighted by Gasteiger charge is 2.31. The molecule has 1 aliphatic heterocycles. The van der Waals surface area contributed by atoms with E-state index in [0.717, 1.165) is 22.8 Å². The number of allylic oxidation sites excluding steroid dienone is 4. The smallest absolute Gasteiger partial charge is 0.205 e. The lowest BCUT2D eigenvalue weighted by Crippen LogP contribution is -2.26. The number of benzene rings is 2. The maximum atomic E-state index is 12.9. The number of hydrogen-bond acceptors (Lipinski definition) is 4. The van der Waals surface area contributed by atoms with Crippen LogP contribution in [0.25, 0.3) is 0 Å². The van der Waals surface area contributed by atoms with Crippen LogP contribution in [0, 0.1) is 0 Å². The van der Waals surface area contributed by atoms with Crippen molar-refractivity contribution in [2.45, 2.75) is 6.92 Å². The van der Waals surface area contributed by atoms with E-state index in [1.54, 1.807) is 30.3 Å². The molecule has 0 bridgehead atoms. The molecule has 0 fully saturated rings. The van der Waals surface area contributed by atoms with Gasteiger partial charge in [0, 0.05) is 23.7 Å². The quantitative estimate of drug-likeness (QED) is 0.739. The van der Waals surface area contributed by atoms with Gasteiger partial charge in [-0.05, 0) is 25.1 Å². The predicted octanol–water partition coefficient (Wildman–Crippen LogP) is 4.68. The first kappa shape index (κ1) is 16.5. The van der Waals surface area contributed by atoms with E-state index in [1.165, 1.54) is 0 Å². The van der Waals surface area contributed by atoms with Crippen molar-refractivity contribution in [3.63, 3.8) is 0 Å². The molecule has 0 atom stereocenters. The Kier molecular flexibility index (Phi) is 3.85. The Balaban J connectivity index is 1.86. The summed E-state index contributed by atoms with van der Waals surface area (Å²) in [6, 6.07) is 14.5. The second kappa shape index (κ2) is 6.07. The Morgan fingerprint density at radius 2 is 1.58 bits per heavy atom. The fourth-order valence-corrected chi connectivity index (χ4v) is 3.53. The fraction of sp³-hybridized carbons (Fsp3) is 0.0952. The van der Waals surface area contributed by atoms with Crippen LogP contribution in [-0.2, 0) is 0 Å². The average Bonchev–Trinajstić information content (AvgIpc) is 2.65. The van der Waals surface area contributed by atoms with Crippen molar-refractivity contribution in [1.29, 1.82) is 0 Å². The van der Waals surface area contributed by atoms with Gasteiger partial charge in [-0.15, -0.1) is 0 Å². The summed E-state index contributed by atoms with van der Waals surface area (Å²) in [7, 11) is 1.90. The second-order valence-corrected chi connectivity index (χ2v) is 6.58. The summed E-state index contributed by atoms with van der Waals surface area (Å²) in [5.41, 5.74) is 4.20. The lowest BCUT2D eigenvalue weighted by Gasteiger charge is -2.29. The van der Waals surface area contributed by atoms with Crippen LogP contribution >= 0.6 is 11.6 Å². The summed E-state index contributed by atoms with van der Waals surface area (Å²) in [4.78, 5) is 32.0. The molecule has 0 N–H and O–H groups in total. The summed E-state index contributed by atoms with van der Waals surface area (Å²) < 4.78 is 0. The molecule has 26 heavy (non-hydrogen) atoms. The Morgan fingerprint density at radius 1 is 0.962 bits per heavy atom. The van der Waals surface area contributed by atoms with E-state index in [1.807, 2.05) is 43.1 Å². The third kappa shape index (κ3) is 2.42. The van der Waals surface area contributed by atoms with E-state index in [-0.39, 0.29) is 22.2 Å². The van der Waals surface area contributed by atoms with Crippen LogP contribution in [0.1, 0.15) is 27.6 Å². The fourth-order valence-electron chi connectivity index (χ4n) is 3.28. The Morgan fingerprint density at radius 3 is 2.31 bits per heavy atom. The number of rotatable bonds is 1. The van der Waals surface area contributed by atoms with Gasteiger partial charge in [0.25, 0.3) is 0 Å². The van der Waals surface area contributed by atoms with Crippen LogP contribution in [0.5, 0.6) is 0 Å². The molecule has 0 unspecified atom stereocenters. The van der Waals surface area contributed by atoms with E-state index in [4.69, 9.17) is 11.6 Å². The molecule has 2 aromatic rings. The second-order valence-electron chi connectivity index (χ2n) is 6.21. The normalized spacial score (nSPS) is 18.0. The zero-order chi connectivity index (χ0) is 18.4. The van der Waals surface area contributed by atoms with Gasteiger partial charge in [-0.1, -0.05) is 48.0 Å². The number of fused-ring (bicyclic) bond motifs is 2. The molecule has 0 amide bonds. The van der Waals surface area contributed by atoms with Crippen LogP contribution in [-0.4, -0.2) is 24.3 Å². The van der Waals surface area contributed by atoms with Crippen LogP contribution in [0.2, 0.25) is 0 Å². The molecule has 4 rings (SSSR count). The molecule has 2 aromatic carbocycles. The van der Waals surface area contributed by atoms with Gasteiger partial charge in [-0.2, -0.15) is 0 Å². The monoisotopic (exact) mass is 362 g/mol. The van der Waals surface area contributed by atoms with Gasteiger partial charge in [0.15, 0.2) is 5.78 Å². The molecule has 128 valence electrons. The molecule has 2 aliphatic rings. The first-order valence-electron chi connectivity index (χ1n) is 8.17. The third-order valence-electron chi connectivity index (χ3n) is 4.64. The van der Waals surface area contributed by atoms with Crippen molar-refractivity contribution in [3.05, 3.63) is 82.0 Å². The van der Waals surface area contributed by atoms with E-state index in [2.05, 4.69) is 4.99 Å². The zero-order valence-electron chi connectivity index (χ0n) is 14.3. The number of nitrogens with zero attached hydrogens (tertiary/aromatic N) is 2. The van der Waals surface area contributed by atoms with Crippen LogP contribution in [0.15, 0.2) is 75.9 Å². The third-order valence-corrected chi connectivity index (χ3v) is 5.02. The minimum Gasteiger partial charge on any atom is -0.341 e. The number of carbonyl (C=O) groups excluding carboxylic acids is 2. The van der Waals surface area contributed by atoms with Crippen molar-refractivity contribution >= 4 is 40.3 Å². The van der Waals surface area contributed by atoms with Gasteiger partial charge in [0.2, 0.25) is 5.78 Å². The molecule has 0 saturated carbocycles. The Bertz CT molecular complexity index is 1060. The van der Waals surface area contributed by atoms with Crippen LogP contribution in [0.3, 0.4) is 0 Å². The first-order valence-corrected chi connectivity index (χ1v) is 8.55. The minimum absolute atomic E-state index is 0.0544. The number of aliphatic imine (C=N–C) groups is 1. The van der Waals surface area contributed by atoms with Crippen LogP contribution in [0.4, 0.5) is 11.4 Å². The lowest BCUT2D eigenvalue weighted by molar-refractivity contribution is 0.0983. The van der Waals surface area contributed by atoms with Gasteiger partial charge in [-0.3, -0.25) is 9.59 Å². The molecule has 4 nitrogen and oxygen atoms in total. The molecule has 0 aromatic heterocycles. The van der Waals surface area contributed by atoms with Gasteiger partial charge in [0.1, 0.15) is 0 Å². The summed E-state index contributed by atoms with van der Waals surface area (Å²) in [5, 5.41) is -0.0544. The van der Waals surface area contributed by atoms with E-state index < -0.39 is 0 Å². The largest absolute Gasteiger partial charge is 0.341 e. The average molecular weight is 363 g/mol. The van der Waals surface area contributed by atoms with E-state index in [0.29, 0.717) is 11.1 Å². The number of para-hydroxylation sites is 2. The highest BCUT2D eigenvalue weighted by molar-refractivity contribution is 6.50. The molecule has 0 spiro atoms. The molecule has 0 radical (unpaired) electrons. The number of halogens is 1. The highest BCUT2D eigenvalue weighted by Crippen LogP contribution is 2.36. The van der Waals surface area contributed by atoms with Crippen molar-refractivity contribution in [2.75, 3.05) is 11.9 Å². The van der Waals surface area contributed by atoms with E-state index >= 15 is 0 Å². The molecule has 5 heteroatoms. The SMILES string of the molecule is CC1=Nc2ccccc2N(C)/C1=C\C1=C(Cl)C(=O)c2ccccc2C1=O. The van der Waals surface area contributed by atoms with E-state index in [9.17, 15) is 9.59 Å². The van der Waals surface area contributed by atoms with Gasteiger partial charge < -0.3 is 4.90 Å². The van der Waals surface area contributed by atoms with Gasteiger partial charge in [0.05, 0.1) is 27.8 Å². The first-order chi connectivity index (χ1) is 12.5. The predicted molar refractivity (Wildman–Crippen MR) is 104 cm³/mol. The minimum atomic E-state index is -0.331. The summed E-state index contributed by atoms with van der Waals surface area (Å²) in [6.45, 7) is 1.87. The molecular weight excluding hydrogens is 348 g/mol. The van der Waals surface area contributed by atoms with Crippen molar-refractivity contribution in [2.24, 2.45) is 4.99 Å². The molecule has 0 saturated heterocycles. The number of carbonyl (C=O) groups is 2. The summed E-state index contributed by atoms with van der Waals surface area (Å²) >= 11 is 6.28. The maximum absolute atomic E-state index is 12.9. The standard InChI is InChI=1S/C21H15ClN2O2/c1-12-18(24(2)17-10-6-5-9-16(17)23-12)11-15-19(22)21(26)14-8-4-3-7-13(14)20(15)25/h3-11H,1-2H3/b18-11-. The molecule has 1 aliphatic carbocycles. The van der Waals surface area contributed by atoms with Crippen molar-refractivity contribution in [3.8, 4) is 0 Å². The van der Waals surface area contributed by atoms with Crippen molar-refractivity contribution < 1.29 is 9.59 Å². The molecular formula is C21H15ClN2O2.